The van der Waals surface area contributed by atoms with E-state index in [0.717, 1.165) is 5.56 Å². The molecule has 2 heterocycles. The molecule has 2 rings (SSSR count). The highest BCUT2D eigenvalue weighted by Gasteiger charge is 2.10. The van der Waals surface area contributed by atoms with Gasteiger partial charge < -0.3 is 0 Å². The van der Waals surface area contributed by atoms with Gasteiger partial charge in [-0.15, -0.1) is 11.6 Å². The first-order chi connectivity index (χ1) is 7.33. The van der Waals surface area contributed by atoms with E-state index in [1.165, 1.54) is 6.20 Å². The van der Waals surface area contributed by atoms with Crippen LogP contribution in [-0.2, 0) is 5.88 Å². The molecule has 0 aliphatic heterocycles. The topological polar surface area (TPSA) is 25.8 Å². The molecule has 0 amide bonds. The van der Waals surface area contributed by atoms with E-state index >= 15 is 0 Å². The van der Waals surface area contributed by atoms with Gasteiger partial charge in [-0.3, -0.25) is 4.98 Å². The minimum Gasteiger partial charge on any atom is -0.264 e. The molecular formula is C11H8ClFN2. The molecule has 0 aromatic carbocycles. The van der Waals surface area contributed by atoms with Crippen LogP contribution >= 0.6 is 11.6 Å². The summed E-state index contributed by atoms with van der Waals surface area (Å²) in [5.41, 5.74) is 1.84. The summed E-state index contributed by atoms with van der Waals surface area (Å²) < 4.78 is 13.5. The molecule has 0 bridgehead atoms. The predicted octanol–water partition coefficient (Wildman–Crippen LogP) is 3.02. The van der Waals surface area contributed by atoms with Crippen LogP contribution in [-0.4, -0.2) is 9.97 Å². The first-order valence-corrected chi connectivity index (χ1v) is 4.96. The number of hydrogen-bond acceptors (Lipinski definition) is 2. The van der Waals surface area contributed by atoms with Crippen molar-refractivity contribution in [3.05, 3.63) is 48.3 Å². The molecule has 0 aliphatic rings. The normalized spacial score (nSPS) is 10.3. The molecule has 0 atom stereocenters. The molecule has 0 unspecified atom stereocenters. The van der Waals surface area contributed by atoms with Crippen LogP contribution in [0.5, 0.6) is 0 Å². The second-order valence-electron chi connectivity index (χ2n) is 3.01. The number of pyridine rings is 2. The second kappa shape index (κ2) is 4.36. The van der Waals surface area contributed by atoms with Gasteiger partial charge >= 0.3 is 0 Å². The fourth-order valence-corrected chi connectivity index (χ4v) is 1.62. The van der Waals surface area contributed by atoms with Crippen molar-refractivity contribution < 1.29 is 4.39 Å². The lowest BCUT2D eigenvalue weighted by Crippen LogP contribution is -1.94. The summed E-state index contributed by atoms with van der Waals surface area (Å²) in [4.78, 5) is 7.55. The van der Waals surface area contributed by atoms with E-state index in [0.29, 0.717) is 11.1 Å². The molecule has 0 radical (unpaired) electrons. The third-order valence-corrected chi connectivity index (χ3v) is 2.37. The van der Waals surface area contributed by atoms with Crippen molar-refractivity contribution >= 4 is 11.6 Å². The molecule has 76 valence electrons. The highest BCUT2D eigenvalue weighted by Crippen LogP contribution is 2.25. The molecule has 4 heteroatoms. The Bertz CT molecular complexity index is 459. The van der Waals surface area contributed by atoms with Crippen molar-refractivity contribution in [2.75, 3.05) is 0 Å². The molecule has 0 spiro atoms. The monoisotopic (exact) mass is 222 g/mol. The van der Waals surface area contributed by atoms with E-state index < -0.39 is 5.95 Å². The molecule has 0 fully saturated rings. The Balaban J connectivity index is 2.61. The number of hydrogen-bond donors (Lipinski definition) is 0. The standard InChI is InChI=1S/C11H8ClFN2/c12-6-8-3-5-15-11(13)10(8)9-2-1-4-14-7-9/h1-5,7H,6H2. The summed E-state index contributed by atoms with van der Waals surface area (Å²) in [5, 5.41) is 0. The van der Waals surface area contributed by atoms with Crippen molar-refractivity contribution in [1.29, 1.82) is 0 Å². The highest BCUT2D eigenvalue weighted by atomic mass is 35.5. The van der Waals surface area contributed by atoms with Gasteiger partial charge in [0.2, 0.25) is 5.95 Å². The average molecular weight is 223 g/mol. The largest absolute Gasteiger partial charge is 0.264 e. The van der Waals surface area contributed by atoms with Gasteiger partial charge in [-0.25, -0.2) is 4.98 Å². The van der Waals surface area contributed by atoms with Crippen LogP contribution in [0.1, 0.15) is 5.56 Å². The maximum absolute atomic E-state index is 13.5. The summed E-state index contributed by atoms with van der Waals surface area (Å²) in [6.07, 6.45) is 4.64. The Morgan fingerprint density at radius 2 is 2.13 bits per heavy atom. The lowest BCUT2D eigenvalue weighted by Gasteiger charge is -2.06. The van der Waals surface area contributed by atoms with Gasteiger partial charge in [-0.1, -0.05) is 6.07 Å². The molecular weight excluding hydrogens is 215 g/mol. The summed E-state index contributed by atoms with van der Waals surface area (Å²) in [6.45, 7) is 0. The molecule has 0 saturated carbocycles. The van der Waals surface area contributed by atoms with E-state index in [-0.39, 0.29) is 5.88 Å². The zero-order valence-corrected chi connectivity index (χ0v) is 8.58. The lowest BCUT2D eigenvalue weighted by molar-refractivity contribution is 0.586. The Morgan fingerprint density at radius 1 is 1.27 bits per heavy atom. The molecule has 2 aromatic heterocycles. The molecule has 2 aromatic rings. The van der Waals surface area contributed by atoms with Crippen LogP contribution in [0.4, 0.5) is 4.39 Å². The van der Waals surface area contributed by atoms with E-state index in [1.807, 2.05) is 0 Å². The first-order valence-electron chi connectivity index (χ1n) is 4.42. The number of halogens is 2. The zero-order valence-electron chi connectivity index (χ0n) is 7.82. The van der Waals surface area contributed by atoms with Gasteiger partial charge in [0.25, 0.3) is 0 Å². The van der Waals surface area contributed by atoms with E-state index in [1.54, 1.807) is 30.6 Å². The van der Waals surface area contributed by atoms with E-state index in [2.05, 4.69) is 9.97 Å². The Labute approximate surface area is 91.8 Å². The third-order valence-electron chi connectivity index (χ3n) is 2.09. The first kappa shape index (κ1) is 10.1. The van der Waals surface area contributed by atoms with Crippen LogP contribution in [0.2, 0.25) is 0 Å². The quantitative estimate of drug-likeness (QED) is 0.577. The highest BCUT2D eigenvalue weighted by molar-refractivity contribution is 6.17. The summed E-state index contributed by atoms with van der Waals surface area (Å²) in [5.74, 6) is -0.259. The van der Waals surface area contributed by atoms with Crippen molar-refractivity contribution in [3.63, 3.8) is 0 Å². The van der Waals surface area contributed by atoms with Gasteiger partial charge in [0.05, 0.1) is 0 Å². The molecule has 0 N–H and O–H groups in total. The van der Waals surface area contributed by atoms with Gasteiger partial charge in [-0.2, -0.15) is 4.39 Å². The Kier molecular flexibility index (Phi) is 2.92. The fraction of sp³-hybridized carbons (Fsp3) is 0.0909. The summed E-state index contributed by atoms with van der Waals surface area (Å²) >= 11 is 5.74. The maximum Gasteiger partial charge on any atom is 0.221 e. The fourth-order valence-electron chi connectivity index (χ4n) is 1.40. The van der Waals surface area contributed by atoms with Crippen molar-refractivity contribution in [1.82, 2.24) is 9.97 Å². The molecule has 2 nitrogen and oxygen atoms in total. The predicted molar refractivity (Wildman–Crippen MR) is 57.0 cm³/mol. The Morgan fingerprint density at radius 3 is 2.80 bits per heavy atom. The number of rotatable bonds is 2. The van der Waals surface area contributed by atoms with Crippen molar-refractivity contribution in [2.24, 2.45) is 0 Å². The smallest absolute Gasteiger partial charge is 0.221 e. The second-order valence-corrected chi connectivity index (χ2v) is 3.28. The maximum atomic E-state index is 13.5. The van der Waals surface area contributed by atoms with Crippen LogP contribution < -0.4 is 0 Å². The van der Waals surface area contributed by atoms with Crippen LogP contribution in [0.15, 0.2) is 36.8 Å². The van der Waals surface area contributed by atoms with Crippen molar-refractivity contribution in [2.45, 2.75) is 5.88 Å². The third kappa shape index (κ3) is 1.97. The average Bonchev–Trinajstić information content (AvgIpc) is 2.29. The van der Waals surface area contributed by atoms with E-state index in [9.17, 15) is 4.39 Å². The zero-order chi connectivity index (χ0) is 10.7. The van der Waals surface area contributed by atoms with Gasteiger partial charge in [0.15, 0.2) is 0 Å². The van der Waals surface area contributed by atoms with Crippen molar-refractivity contribution in [3.8, 4) is 11.1 Å². The summed E-state index contributed by atoms with van der Waals surface area (Å²) in [7, 11) is 0. The van der Waals surface area contributed by atoms with Gasteiger partial charge in [0.1, 0.15) is 0 Å². The lowest BCUT2D eigenvalue weighted by atomic mass is 10.0. The van der Waals surface area contributed by atoms with Gasteiger partial charge in [-0.05, 0) is 17.7 Å². The van der Waals surface area contributed by atoms with Crippen LogP contribution in [0, 0.1) is 5.95 Å². The molecule has 0 saturated heterocycles. The Hall–Kier alpha value is -1.48. The van der Waals surface area contributed by atoms with E-state index in [4.69, 9.17) is 11.6 Å². The van der Waals surface area contributed by atoms with Crippen LogP contribution in [0.25, 0.3) is 11.1 Å². The minimum atomic E-state index is -0.513. The summed E-state index contributed by atoms with van der Waals surface area (Å²) in [6, 6.07) is 5.24. The SMILES string of the molecule is Fc1nccc(CCl)c1-c1cccnc1. The minimum absolute atomic E-state index is 0.254. The molecule has 15 heavy (non-hydrogen) atoms. The number of nitrogens with zero attached hydrogens (tertiary/aromatic N) is 2. The van der Waals surface area contributed by atoms with Crippen LogP contribution in [0.3, 0.4) is 0 Å². The van der Waals surface area contributed by atoms with Gasteiger partial charge in [0, 0.05) is 35.6 Å². The number of aromatic nitrogens is 2. The molecule has 0 aliphatic carbocycles. The number of alkyl halides is 1.